The zero-order valence-electron chi connectivity index (χ0n) is 17.7. The average Bonchev–Trinajstić information content (AvgIpc) is 2.69. The maximum absolute atomic E-state index is 13.1. The van der Waals surface area contributed by atoms with Crippen LogP contribution in [-0.2, 0) is 16.1 Å². The molecule has 0 fully saturated rings. The Labute approximate surface area is 176 Å². The molecule has 0 bridgehead atoms. The van der Waals surface area contributed by atoms with Crippen LogP contribution in [0, 0.1) is 10.1 Å². The SMILES string of the molecule is CC1=C(C(=O)OC(C)(C)C)C(c2ccc([N+](=O)[O-])cc2)C=CN1Cc1ccccc1. The van der Waals surface area contributed by atoms with E-state index < -0.39 is 10.5 Å². The molecule has 0 aliphatic carbocycles. The molecule has 0 aromatic heterocycles. The maximum atomic E-state index is 13.1. The predicted octanol–water partition coefficient (Wildman–Crippen LogP) is 5.32. The molecule has 2 aromatic carbocycles. The number of nitro benzene ring substituents is 1. The molecule has 156 valence electrons. The van der Waals surface area contributed by atoms with Gasteiger partial charge in [-0.1, -0.05) is 48.5 Å². The standard InChI is InChI=1S/C24H26N2O4/c1-17-22(23(27)30-24(2,3)4)21(19-10-12-20(13-11-19)26(28)29)14-15-25(17)16-18-8-6-5-7-9-18/h5-15,21H,16H2,1-4H3. The molecule has 1 heterocycles. The molecular weight excluding hydrogens is 380 g/mol. The summed E-state index contributed by atoms with van der Waals surface area (Å²) in [5, 5.41) is 11.0. The van der Waals surface area contributed by atoms with Crippen LogP contribution in [0.3, 0.4) is 0 Å². The number of esters is 1. The summed E-state index contributed by atoms with van der Waals surface area (Å²) in [6, 6.07) is 16.3. The highest BCUT2D eigenvalue weighted by Crippen LogP contribution is 2.36. The van der Waals surface area contributed by atoms with Gasteiger partial charge in [-0.25, -0.2) is 4.79 Å². The van der Waals surface area contributed by atoms with E-state index in [-0.39, 0.29) is 17.6 Å². The van der Waals surface area contributed by atoms with Crippen molar-refractivity contribution in [3.63, 3.8) is 0 Å². The molecule has 0 spiro atoms. The zero-order valence-corrected chi connectivity index (χ0v) is 17.7. The van der Waals surface area contributed by atoms with Gasteiger partial charge in [-0.3, -0.25) is 10.1 Å². The number of nitrogens with zero attached hydrogens (tertiary/aromatic N) is 2. The number of carbonyl (C=O) groups excluding carboxylic acids is 1. The van der Waals surface area contributed by atoms with Gasteiger partial charge in [0.1, 0.15) is 5.60 Å². The Kier molecular flexibility index (Phi) is 6.06. The number of benzene rings is 2. The fourth-order valence-corrected chi connectivity index (χ4v) is 3.42. The van der Waals surface area contributed by atoms with Crippen molar-refractivity contribution in [2.24, 2.45) is 0 Å². The molecule has 6 heteroatoms. The second-order valence-corrected chi connectivity index (χ2v) is 8.28. The van der Waals surface area contributed by atoms with Crippen LogP contribution in [0.1, 0.15) is 44.7 Å². The van der Waals surface area contributed by atoms with Gasteiger partial charge in [-0.2, -0.15) is 0 Å². The van der Waals surface area contributed by atoms with Crippen molar-refractivity contribution >= 4 is 11.7 Å². The molecule has 3 rings (SSSR count). The van der Waals surface area contributed by atoms with Crippen LogP contribution in [0.15, 0.2) is 78.1 Å². The minimum absolute atomic E-state index is 0.0174. The van der Waals surface area contributed by atoms with Gasteiger partial charge in [0.2, 0.25) is 0 Å². The second-order valence-electron chi connectivity index (χ2n) is 8.28. The monoisotopic (exact) mass is 406 g/mol. The van der Waals surface area contributed by atoms with Gasteiger partial charge in [-0.15, -0.1) is 0 Å². The van der Waals surface area contributed by atoms with E-state index in [9.17, 15) is 14.9 Å². The lowest BCUT2D eigenvalue weighted by Crippen LogP contribution is -2.31. The zero-order chi connectivity index (χ0) is 21.9. The van der Waals surface area contributed by atoms with Crippen molar-refractivity contribution in [3.8, 4) is 0 Å². The Balaban J connectivity index is 1.98. The molecule has 6 nitrogen and oxygen atoms in total. The summed E-state index contributed by atoms with van der Waals surface area (Å²) < 4.78 is 5.69. The number of hydrogen-bond donors (Lipinski definition) is 0. The third-order valence-corrected chi connectivity index (χ3v) is 4.87. The Bertz CT molecular complexity index is 986. The van der Waals surface area contributed by atoms with E-state index in [1.807, 2.05) is 75.2 Å². The first-order valence-corrected chi connectivity index (χ1v) is 9.83. The Morgan fingerprint density at radius 2 is 1.73 bits per heavy atom. The van der Waals surface area contributed by atoms with E-state index >= 15 is 0 Å². The molecule has 2 aromatic rings. The van der Waals surface area contributed by atoms with Crippen LogP contribution in [0.2, 0.25) is 0 Å². The summed E-state index contributed by atoms with van der Waals surface area (Å²) in [5.74, 6) is -0.724. The summed E-state index contributed by atoms with van der Waals surface area (Å²) >= 11 is 0. The number of rotatable bonds is 5. The van der Waals surface area contributed by atoms with Gasteiger partial charge >= 0.3 is 5.97 Å². The van der Waals surface area contributed by atoms with E-state index in [0.29, 0.717) is 12.1 Å². The molecule has 0 saturated carbocycles. The molecule has 1 aliphatic heterocycles. The lowest BCUT2D eigenvalue weighted by Gasteiger charge is -2.32. The third-order valence-electron chi connectivity index (χ3n) is 4.87. The van der Waals surface area contributed by atoms with Crippen LogP contribution in [0.5, 0.6) is 0 Å². The van der Waals surface area contributed by atoms with Gasteiger partial charge in [0.25, 0.3) is 5.69 Å². The van der Waals surface area contributed by atoms with Crippen molar-refractivity contribution in [2.45, 2.75) is 45.8 Å². The lowest BCUT2D eigenvalue weighted by molar-refractivity contribution is -0.384. The largest absolute Gasteiger partial charge is 0.457 e. The van der Waals surface area contributed by atoms with Crippen LogP contribution in [0.4, 0.5) is 5.69 Å². The Morgan fingerprint density at radius 1 is 1.10 bits per heavy atom. The van der Waals surface area contributed by atoms with Crippen LogP contribution in [0.25, 0.3) is 0 Å². The first-order chi connectivity index (χ1) is 14.2. The molecule has 30 heavy (non-hydrogen) atoms. The second kappa shape index (κ2) is 8.53. The van der Waals surface area contributed by atoms with Crippen molar-refractivity contribution in [2.75, 3.05) is 0 Å². The third kappa shape index (κ3) is 4.95. The van der Waals surface area contributed by atoms with Crippen molar-refractivity contribution < 1.29 is 14.5 Å². The van der Waals surface area contributed by atoms with Gasteiger partial charge in [0, 0.05) is 36.5 Å². The number of nitro groups is 1. The van der Waals surface area contributed by atoms with Gasteiger partial charge in [0.15, 0.2) is 0 Å². The van der Waals surface area contributed by atoms with Crippen LogP contribution < -0.4 is 0 Å². The average molecular weight is 406 g/mol. The number of allylic oxidation sites excluding steroid dienone is 2. The molecule has 1 atom stereocenters. The number of ether oxygens (including phenoxy) is 1. The van der Waals surface area contributed by atoms with Crippen molar-refractivity contribution in [1.82, 2.24) is 4.90 Å². The molecule has 0 radical (unpaired) electrons. The summed E-state index contributed by atoms with van der Waals surface area (Å²) in [6.07, 6.45) is 3.90. The Morgan fingerprint density at radius 3 is 2.30 bits per heavy atom. The molecular formula is C24H26N2O4. The number of hydrogen-bond acceptors (Lipinski definition) is 5. The maximum Gasteiger partial charge on any atom is 0.337 e. The molecule has 1 aliphatic rings. The lowest BCUT2D eigenvalue weighted by atomic mass is 9.87. The fourth-order valence-electron chi connectivity index (χ4n) is 3.42. The predicted molar refractivity (Wildman–Crippen MR) is 116 cm³/mol. The number of non-ortho nitro benzene ring substituents is 1. The number of carbonyl (C=O) groups is 1. The first kappa shape index (κ1) is 21.3. The van der Waals surface area contributed by atoms with Gasteiger partial charge in [0.05, 0.1) is 10.5 Å². The highest BCUT2D eigenvalue weighted by Gasteiger charge is 2.32. The molecule has 0 saturated heterocycles. The summed E-state index contributed by atoms with van der Waals surface area (Å²) in [5.41, 5.74) is 2.66. The summed E-state index contributed by atoms with van der Waals surface area (Å²) in [6.45, 7) is 8.04. The van der Waals surface area contributed by atoms with Crippen molar-refractivity contribution in [1.29, 1.82) is 0 Å². The smallest absolute Gasteiger partial charge is 0.337 e. The first-order valence-electron chi connectivity index (χ1n) is 9.83. The quantitative estimate of drug-likeness (QED) is 0.381. The van der Waals surface area contributed by atoms with E-state index in [1.165, 1.54) is 12.1 Å². The Hall–Kier alpha value is -3.41. The highest BCUT2D eigenvalue weighted by molar-refractivity contribution is 5.92. The van der Waals surface area contributed by atoms with Crippen LogP contribution >= 0.6 is 0 Å². The molecule has 0 N–H and O–H groups in total. The molecule has 1 unspecified atom stereocenters. The minimum atomic E-state index is -0.629. The topological polar surface area (TPSA) is 72.7 Å². The van der Waals surface area contributed by atoms with Gasteiger partial charge in [-0.05, 0) is 38.8 Å². The van der Waals surface area contributed by atoms with E-state index in [2.05, 4.69) is 0 Å². The van der Waals surface area contributed by atoms with Gasteiger partial charge < -0.3 is 9.64 Å². The highest BCUT2D eigenvalue weighted by atomic mass is 16.6. The van der Waals surface area contributed by atoms with Crippen molar-refractivity contribution in [3.05, 3.63) is 99.4 Å². The fraction of sp³-hybridized carbons (Fsp3) is 0.292. The summed E-state index contributed by atoms with van der Waals surface area (Å²) in [7, 11) is 0. The molecule has 0 amide bonds. The minimum Gasteiger partial charge on any atom is -0.457 e. The van der Waals surface area contributed by atoms with E-state index in [4.69, 9.17) is 4.74 Å². The van der Waals surface area contributed by atoms with E-state index in [0.717, 1.165) is 16.8 Å². The van der Waals surface area contributed by atoms with E-state index in [1.54, 1.807) is 12.1 Å². The van der Waals surface area contributed by atoms with Crippen LogP contribution in [-0.4, -0.2) is 21.4 Å². The summed E-state index contributed by atoms with van der Waals surface area (Å²) in [4.78, 5) is 25.7. The normalized spacial score (nSPS) is 16.5.